The predicted octanol–water partition coefficient (Wildman–Crippen LogP) is 3.23. The summed E-state index contributed by atoms with van der Waals surface area (Å²) in [5.41, 5.74) is 1.48. The number of hydrogen-bond donors (Lipinski definition) is 0. The molecule has 0 bridgehead atoms. The molecule has 0 nitrogen and oxygen atoms in total. The Hall–Kier alpha value is -0.780. The largest absolute Gasteiger partial charge is 0.0991 e. The molecule has 10 heavy (non-hydrogen) atoms. The minimum atomic E-state index is 1.25. The van der Waals surface area contributed by atoms with Crippen LogP contribution in [0.5, 0.6) is 0 Å². The molecule has 0 radical (unpaired) electrons. The van der Waals surface area contributed by atoms with Crippen LogP contribution in [0.15, 0.2) is 36.5 Å². The topological polar surface area (TPSA) is 0 Å². The second-order valence-corrected chi connectivity index (χ2v) is 2.62. The van der Waals surface area contributed by atoms with Crippen molar-refractivity contribution in [2.75, 3.05) is 0 Å². The highest BCUT2D eigenvalue weighted by atomic mass is 14.0. The highest BCUT2D eigenvalue weighted by Crippen LogP contribution is 2.17. The lowest BCUT2D eigenvalue weighted by atomic mass is 9.99. The molecule has 0 atom stereocenters. The molecular formula is C10H14. The van der Waals surface area contributed by atoms with Crippen molar-refractivity contribution in [3.63, 3.8) is 0 Å². The minimum Gasteiger partial charge on any atom is -0.0991 e. The maximum atomic E-state index is 3.63. The number of hydrogen-bond acceptors (Lipinski definition) is 0. The highest BCUT2D eigenvalue weighted by molar-refractivity contribution is 5.22. The van der Waals surface area contributed by atoms with E-state index in [-0.39, 0.29) is 0 Å². The fraction of sp³-hybridized carbons (Fsp3) is 0.400. The molecule has 0 heterocycles. The lowest BCUT2D eigenvalue weighted by Crippen LogP contribution is -1.87. The van der Waals surface area contributed by atoms with Gasteiger partial charge in [0, 0.05) is 0 Å². The standard InChI is InChI=1S/C10H14/c1-2-3-7-10-8-5-4-6-9-10/h2-3,7-8H,1,4-6,9H2. The van der Waals surface area contributed by atoms with Crippen LogP contribution in [0, 0.1) is 0 Å². The summed E-state index contributed by atoms with van der Waals surface area (Å²) in [5.74, 6) is 0. The van der Waals surface area contributed by atoms with Crippen LogP contribution in [0.1, 0.15) is 25.7 Å². The zero-order valence-electron chi connectivity index (χ0n) is 6.34. The Bertz CT molecular complexity index is 158. The molecular weight excluding hydrogens is 120 g/mol. The van der Waals surface area contributed by atoms with Gasteiger partial charge in [0.05, 0.1) is 0 Å². The van der Waals surface area contributed by atoms with E-state index < -0.39 is 0 Å². The van der Waals surface area contributed by atoms with Crippen molar-refractivity contribution >= 4 is 0 Å². The Labute approximate surface area is 62.9 Å². The molecule has 0 saturated heterocycles. The van der Waals surface area contributed by atoms with Crippen LogP contribution in [0.4, 0.5) is 0 Å². The summed E-state index contributed by atoms with van der Waals surface area (Å²) in [6.07, 6.45) is 13.6. The van der Waals surface area contributed by atoms with Crippen LogP contribution < -0.4 is 0 Å². The summed E-state index contributed by atoms with van der Waals surface area (Å²) in [5, 5.41) is 0. The predicted molar refractivity (Wildman–Crippen MR) is 45.9 cm³/mol. The summed E-state index contributed by atoms with van der Waals surface area (Å²) in [6, 6.07) is 0. The van der Waals surface area contributed by atoms with E-state index in [0.717, 1.165) is 0 Å². The van der Waals surface area contributed by atoms with E-state index in [9.17, 15) is 0 Å². The van der Waals surface area contributed by atoms with Crippen LogP contribution in [0.25, 0.3) is 0 Å². The van der Waals surface area contributed by atoms with Gasteiger partial charge >= 0.3 is 0 Å². The van der Waals surface area contributed by atoms with Gasteiger partial charge in [0.2, 0.25) is 0 Å². The SMILES string of the molecule is C=CC=CC1=CCCCC1. The Morgan fingerprint density at radius 2 is 2.30 bits per heavy atom. The smallest absolute Gasteiger partial charge is 0.0282 e. The molecule has 0 aromatic rings. The van der Waals surface area contributed by atoms with Crippen molar-refractivity contribution < 1.29 is 0 Å². The summed E-state index contributed by atoms with van der Waals surface area (Å²) < 4.78 is 0. The first-order valence-electron chi connectivity index (χ1n) is 3.91. The van der Waals surface area contributed by atoms with Gasteiger partial charge in [-0.05, 0) is 25.7 Å². The molecule has 0 unspecified atom stereocenters. The summed E-state index contributed by atoms with van der Waals surface area (Å²) in [6.45, 7) is 3.63. The first-order valence-corrected chi connectivity index (χ1v) is 3.91. The lowest BCUT2D eigenvalue weighted by Gasteiger charge is -2.07. The van der Waals surface area contributed by atoms with Crippen LogP contribution in [-0.2, 0) is 0 Å². The third kappa shape index (κ3) is 2.22. The first-order chi connectivity index (χ1) is 4.93. The van der Waals surface area contributed by atoms with Gasteiger partial charge in [-0.3, -0.25) is 0 Å². The Morgan fingerprint density at radius 1 is 1.40 bits per heavy atom. The highest BCUT2D eigenvalue weighted by Gasteiger charge is 1.97. The number of allylic oxidation sites excluding steroid dienone is 5. The van der Waals surface area contributed by atoms with Crippen LogP contribution >= 0.6 is 0 Å². The van der Waals surface area contributed by atoms with Crippen molar-refractivity contribution in [1.29, 1.82) is 0 Å². The molecule has 0 N–H and O–H groups in total. The maximum absolute atomic E-state index is 3.63. The average molecular weight is 134 g/mol. The minimum absolute atomic E-state index is 1.25. The van der Waals surface area contributed by atoms with Crippen LogP contribution in [0.3, 0.4) is 0 Å². The molecule has 54 valence electrons. The van der Waals surface area contributed by atoms with E-state index in [2.05, 4.69) is 18.7 Å². The van der Waals surface area contributed by atoms with Gasteiger partial charge in [0.1, 0.15) is 0 Å². The molecule has 1 rings (SSSR count). The van der Waals surface area contributed by atoms with E-state index in [4.69, 9.17) is 0 Å². The lowest BCUT2D eigenvalue weighted by molar-refractivity contribution is 0.712. The fourth-order valence-electron chi connectivity index (χ4n) is 1.21. The molecule has 0 aliphatic heterocycles. The van der Waals surface area contributed by atoms with Gasteiger partial charge in [0.25, 0.3) is 0 Å². The van der Waals surface area contributed by atoms with Gasteiger partial charge in [-0.25, -0.2) is 0 Å². The fourth-order valence-corrected chi connectivity index (χ4v) is 1.21. The summed E-state index contributed by atoms with van der Waals surface area (Å²) in [4.78, 5) is 0. The summed E-state index contributed by atoms with van der Waals surface area (Å²) >= 11 is 0. The Kier molecular flexibility index (Phi) is 3.01. The second kappa shape index (κ2) is 4.10. The molecule has 0 amide bonds. The summed E-state index contributed by atoms with van der Waals surface area (Å²) in [7, 11) is 0. The van der Waals surface area contributed by atoms with Gasteiger partial charge in [0.15, 0.2) is 0 Å². The molecule has 0 saturated carbocycles. The normalized spacial score (nSPS) is 19.0. The van der Waals surface area contributed by atoms with Crippen molar-refractivity contribution in [2.24, 2.45) is 0 Å². The quantitative estimate of drug-likeness (QED) is 0.509. The van der Waals surface area contributed by atoms with Crippen molar-refractivity contribution in [3.8, 4) is 0 Å². The molecule has 1 aliphatic carbocycles. The molecule has 0 aromatic carbocycles. The molecule has 1 aliphatic rings. The van der Waals surface area contributed by atoms with Crippen molar-refractivity contribution in [1.82, 2.24) is 0 Å². The van der Waals surface area contributed by atoms with Gasteiger partial charge in [-0.15, -0.1) is 0 Å². The van der Waals surface area contributed by atoms with E-state index in [1.807, 2.05) is 12.2 Å². The maximum Gasteiger partial charge on any atom is -0.0282 e. The Balaban J connectivity index is 2.45. The third-order valence-corrected chi connectivity index (χ3v) is 1.77. The molecule has 0 spiro atoms. The first kappa shape index (κ1) is 7.33. The third-order valence-electron chi connectivity index (χ3n) is 1.77. The second-order valence-electron chi connectivity index (χ2n) is 2.62. The average Bonchev–Trinajstić information content (AvgIpc) is 2.03. The van der Waals surface area contributed by atoms with Crippen LogP contribution in [-0.4, -0.2) is 0 Å². The van der Waals surface area contributed by atoms with E-state index >= 15 is 0 Å². The monoisotopic (exact) mass is 134 g/mol. The van der Waals surface area contributed by atoms with Crippen LogP contribution in [0.2, 0.25) is 0 Å². The number of rotatable bonds is 2. The molecule has 0 fully saturated rings. The van der Waals surface area contributed by atoms with Gasteiger partial charge in [-0.2, -0.15) is 0 Å². The van der Waals surface area contributed by atoms with E-state index in [1.165, 1.54) is 31.3 Å². The van der Waals surface area contributed by atoms with E-state index in [1.54, 1.807) is 0 Å². The molecule has 0 heteroatoms. The van der Waals surface area contributed by atoms with Crippen molar-refractivity contribution in [3.05, 3.63) is 36.5 Å². The zero-order valence-corrected chi connectivity index (χ0v) is 6.34. The van der Waals surface area contributed by atoms with Gasteiger partial charge < -0.3 is 0 Å². The van der Waals surface area contributed by atoms with Gasteiger partial charge in [-0.1, -0.05) is 36.5 Å². The molecule has 0 aromatic heterocycles. The zero-order chi connectivity index (χ0) is 7.23. The van der Waals surface area contributed by atoms with Crippen molar-refractivity contribution in [2.45, 2.75) is 25.7 Å². The Morgan fingerprint density at radius 3 is 2.90 bits per heavy atom. The van der Waals surface area contributed by atoms with E-state index in [0.29, 0.717) is 0 Å².